The number of ketones is 1. The molecule has 0 bridgehead atoms. The van der Waals surface area contributed by atoms with Gasteiger partial charge in [0.05, 0.1) is 35.4 Å². The summed E-state index contributed by atoms with van der Waals surface area (Å²) in [7, 11) is -2.88. The first-order chi connectivity index (χ1) is 17.7. The van der Waals surface area contributed by atoms with Crippen LogP contribution in [0.1, 0.15) is 28.9 Å². The Morgan fingerprint density at radius 1 is 1.00 bits per heavy atom. The number of nitrogens with two attached hydrogens (primary N) is 1. The Kier molecular flexibility index (Phi) is 7.11. The molecule has 9 nitrogen and oxygen atoms in total. The van der Waals surface area contributed by atoms with Crippen molar-refractivity contribution < 1.29 is 22.7 Å². The van der Waals surface area contributed by atoms with Crippen molar-refractivity contribution in [1.29, 1.82) is 5.26 Å². The largest absolute Gasteiger partial charge is 0.497 e. The zero-order chi connectivity index (χ0) is 26.7. The number of Topliss-reactive ketones (excluding diaryl/α,β-unsaturated/α-hetero) is 1. The summed E-state index contributed by atoms with van der Waals surface area (Å²) in [6.45, 7) is 1.34. The van der Waals surface area contributed by atoms with E-state index < -0.39 is 27.9 Å². The van der Waals surface area contributed by atoms with Crippen LogP contribution in [0, 0.1) is 11.3 Å². The maximum absolute atomic E-state index is 14.1. The van der Waals surface area contributed by atoms with E-state index in [1.54, 1.807) is 54.6 Å². The Hall–Kier alpha value is -4.46. The van der Waals surface area contributed by atoms with Crippen molar-refractivity contribution in [2.75, 3.05) is 12.4 Å². The van der Waals surface area contributed by atoms with Crippen LogP contribution in [0.2, 0.25) is 0 Å². The minimum atomic E-state index is -4.38. The van der Waals surface area contributed by atoms with Gasteiger partial charge in [0.25, 0.3) is 0 Å². The molecule has 3 aromatic carbocycles. The number of nitriles is 1. The number of amides is 1. The molecule has 37 heavy (non-hydrogen) atoms. The molecule has 0 aromatic heterocycles. The summed E-state index contributed by atoms with van der Waals surface area (Å²) >= 11 is 0. The monoisotopic (exact) mass is 516 g/mol. The maximum atomic E-state index is 14.1. The Labute approximate surface area is 214 Å². The molecule has 4 rings (SSSR count). The molecule has 10 heteroatoms. The maximum Gasteiger partial charge on any atom is 0.245 e. The molecule has 1 amide bonds. The number of hydrogen-bond acceptors (Lipinski definition) is 7. The first-order valence-corrected chi connectivity index (χ1v) is 12.7. The number of methoxy groups -OCH3 is 1. The molecule has 0 spiro atoms. The van der Waals surface area contributed by atoms with Crippen molar-refractivity contribution in [2.45, 2.75) is 23.9 Å². The fraction of sp³-hybridized carbons (Fsp3) is 0.148. The predicted molar refractivity (Wildman–Crippen MR) is 137 cm³/mol. The number of carbonyl (C=O) groups excluding carboxylic acids is 2. The number of hydrogen-bond donors (Lipinski definition) is 2. The standard InChI is InChI=1S/C27H24N4O5S/c1-17(32)30-20-10-14-22(15-11-20)37(34,35)31-25(18-8-12-21(36-2)13-9-18)23(16-28)24(29)26(31)27(33)19-6-4-3-5-7-19/h3-15,25-26H,29H2,1-2H3,(H,30,32)/t25-,26-/m0/s1. The predicted octanol–water partition coefficient (Wildman–Crippen LogP) is 3.39. The van der Waals surface area contributed by atoms with E-state index in [1.807, 2.05) is 6.07 Å². The Balaban J connectivity index is 1.89. The third-order valence-corrected chi connectivity index (χ3v) is 7.84. The number of nitrogens with one attached hydrogen (secondary N) is 1. The molecule has 0 aliphatic carbocycles. The van der Waals surface area contributed by atoms with Gasteiger partial charge in [-0.15, -0.1) is 0 Å². The number of sulfonamides is 1. The minimum absolute atomic E-state index is 0.0297. The molecule has 0 unspecified atom stereocenters. The summed E-state index contributed by atoms with van der Waals surface area (Å²) in [6, 6.07) is 19.7. The molecule has 1 aliphatic rings. The smallest absolute Gasteiger partial charge is 0.245 e. The van der Waals surface area contributed by atoms with Crippen LogP contribution >= 0.6 is 0 Å². The molecule has 1 aliphatic heterocycles. The molecule has 3 N–H and O–H groups in total. The highest BCUT2D eigenvalue weighted by Gasteiger charge is 2.50. The molecular weight excluding hydrogens is 492 g/mol. The van der Waals surface area contributed by atoms with Crippen LogP contribution in [0.3, 0.4) is 0 Å². The third-order valence-electron chi connectivity index (χ3n) is 6.00. The van der Waals surface area contributed by atoms with Gasteiger partial charge < -0.3 is 15.8 Å². The molecule has 3 aromatic rings. The van der Waals surface area contributed by atoms with Gasteiger partial charge >= 0.3 is 0 Å². The van der Waals surface area contributed by atoms with E-state index in [-0.39, 0.29) is 27.6 Å². The number of anilines is 1. The van der Waals surface area contributed by atoms with E-state index in [0.29, 0.717) is 17.0 Å². The van der Waals surface area contributed by atoms with E-state index in [4.69, 9.17) is 10.5 Å². The number of carbonyl (C=O) groups is 2. The van der Waals surface area contributed by atoms with Crippen molar-refractivity contribution in [3.63, 3.8) is 0 Å². The van der Waals surface area contributed by atoms with Gasteiger partial charge in [-0.2, -0.15) is 9.57 Å². The van der Waals surface area contributed by atoms with Crippen molar-refractivity contribution in [3.05, 3.63) is 101 Å². The summed E-state index contributed by atoms with van der Waals surface area (Å²) < 4.78 is 34.4. The van der Waals surface area contributed by atoms with Gasteiger partial charge in [0.2, 0.25) is 15.9 Å². The summed E-state index contributed by atoms with van der Waals surface area (Å²) in [4.78, 5) is 24.9. The van der Waals surface area contributed by atoms with E-state index in [1.165, 1.54) is 38.3 Å². The van der Waals surface area contributed by atoms with Gasteiger partial charge in [0.15, 0.2) is 5.78 Å². The van der Waals surface area contributed by atoms with Crippen molar-refractivity contribution in [2.24, 2.45) is 5.73 Å². The quantitative estimate of drug-likeness (QED) is 0.458. The first kappa shape index (κ1) is 25.6. The van der Waals surface area contributed by atoms with Crippen molar-refractivity contribution >= 4 is 27.4 Å². The van der Waals surface area contributed by atoms with Crippen LogP contribution in [0.5, 0.6) is 5.75 Å². The number of nitrogens with zero attached hydrogens (tertiary/aromatic N) is 2. The summed E-state index contributed by atoms with van der Waals surface area (Å²) in [6.07, 6.45) is 0. The second kappa shape index (κ2) is 10.3. The SMILES string of the molecule is COc1ccc([C@H]2C(C#N)=C(N)[C@@H](C(=O)c3ccccc3)N2S(=O)(=O)c2ccc(NC(C)=O)cc2)cc1. The summed E-state index contributed by atoms with van der Waals surface area (Å²) in [5.41, 5.74) is 7.31. The fourth-order valence-corrected chi connectivity index (χ4v) is 5.99. The topological polar surface area (TPSA) is 143 Å². The molecule has 1 heterocycles. The van der Waals surface area contributed by atoms with Crippen LogP contribution < -0.4 is 15.8 Å². The molecule has 0 saturated heterocycles. The second-order valence-electron chi connectivity index (χ2n) is 8.33. The molecule has 188 valence electrons. The van der Waals surface area contributed by atoms with Gasteiger partial charge in [0, 0.05) is 18.2 Å². The van der Waals surface area contributed by atoms with Gasteiger partial charge in [-0.1, -0.05) is 42.5 Å². The zero-order valence-corrected chi connectivity index (χ0v) is 20.9. The average molecular weight is 517 g/mol. The fourth-order valence-electron chi connectivity index (χ4n) is 4.27. The normalized spacial score (nSPS) is 17.8. The Bertz CT molecular complexity index is 1510. The first-order valence-electron chi connectivity index (χ1n) is 11.2. The van der Waals surface area contributed by atoms with Crippen molar-refractivity contribution in [1.82, 2.24) is 4.31 Å². The van der Waals surface area contributed by atoms with Crippen LogP contribution in [0.15, 0.2) is 95.0 Å². The van der Waals surface area contributed by atoms with E-state index in [2.05, 4.69) is 5.32 Å². The van der Waals surface area contributed by atoms with Gasteiger partial charge in [-0.25, -0.2) is 8.42 Å². The lowest BCUT2D eigenvalue weighted by atomic mass is 10.00. The second-order valence-corrected chi connectivity index (χ2v) is 10.2. The van der Waals surface area contributed by atoms with Gasteiger partial charge in [-0.3, -0.25) is 9.59 Å². The Morgan fingerprint density at radius 2 is 1.62 bits per heavy atom. The number of ether oxygens (including phenoxy) is 1. The lowest BCUT2D eigenvalue weighted by Gasteiger charge is -2.30. The van der Waals surface area contributed by atoms with Crippen LogP contribution in [0.4, 0.5) is 5.69 Å². The highest BCUT2D eigenvalue weighted by molar-refractivity contribution is 7.89. The molecule has 2 atom stereocenters. The highest BCUT2D eigenvalue weighted by Crippen LogP contribution is 2.44. The van der Waals surface area contributed by atoms with E-state index >= 15 is 0 Å². The van der Waals surface area contributed by atoms with Gasteiger partial charge in [-0.05, 0) is 42.0 Å². The summed E-state index contributed by atoms with van der Waals surface area (Å²) in [5, 5.41) is 12.6. The van der Waals surface area contributed by atoms with Gasteiger partial charge in [0.1, 0.15) is 11.8 Å². The average Bonchev–Trinajstić information content (AvgIpc) is 3.21. The van der Waals surface area contributed by atoms with E-state index in [9.17, 15) is 23.3 Å². The molecule has 0 fully saturated rings. The molecular formula is C27H24N4O5S. The molecule has 0 radical (unpaired) electrons. The highest BCUT2D eigenvalue weighted by atomic mass is 32.2. The summed E-state index contributed by atoms with van der Waals surface area (Å²) in [5.74, 6) is -0.323. The van der Waals surface area contributed by atoms with Crippen molar-refractivity contribution in [3.8, 4) is 11.8 Å². The zero-order valence-electron chi connectivity index (χ0n) is 20.1. The van der Waals surface area contributed by atoms with E-state index in [0.717, 1.165) is 4.31 Å². The third kappa shape index (κ3) is 4.82. The van der Waals surface area contributed by atoms with Crippen LogP contribution in [-0.2, 0) is 14.8 Å². The lowest BCUT2D eigenvalue weighted by Crippen LogP contribution is -2.45. The molecule has 0 saturated carbocycles. The minimum Gasteiger partial charge on any atom is -0.497 e. The van der Waals surface area contributed by atoms with Crippen LogP contribution in [-0.4, -0.2) is 37.6 Å². The number of benzene rings is 3. The Morgan fingerprint density at radius 3 is 2.16 bits per heavy atom. The van der Waals surface area contributed by atoms with Crippen LogP contribution in [0.25, 0.3) is 0 Å². The lowest BCUT2D eigenvalue weighted by molar-refractivity contribution is -0.114. The number of rotatable bonds is 7.